The fraction of sp³-hybridized carbons (Fsp3) is 0.526. The number of rotatable bonds is 7. The van der Waals surface area contributed by atoms with Gasteiger partial charge in [-0.05, 0) is 45.2 Å². The molecule has 23 heavy (non-hydrogen) atoms. The Morgan fingerprint density at radius 1 is 1.26 bits per heavy atom. The molecule has 0 spiro atoms. The Morgan fingerprint density at radius 2 is 1.96 bits per heavy atom. The number of benzene rings is 1. The number of hydrogen-bond acceptors (Lipinski definition) is 3. The van der Waals surface area contributed by atoms with Crippen molar-refractivity contribution < 1.29 is 4.79 Å². The van der Waals surface area contributed by atoms with Gasteiger partial charge in [0.15, 0.2) is 0 Å². The molecule has 0 atom stereocenters. The molecule has 0 aliphatic carbocycles. The molecule has 2 rings (SSSR count). The van der Waals surface area contributed by atoms with Crippen molar-refractivity contribution in [1.29, 1.82) is 0 Å². The van der Waals surface area contributed by atoms with Crippen LogP contribution in [-0.4, -0.2) is 43.5 Å². The molecule has 0 bridgehead atoms. The lowest BCUT2D eigenvalue weighted by atomic mass is 10.1. The molecule has 1 N–H and O–H groups in total. The Balaban J connectivity index is 1.99. The van der Waals surface area contributed by atoms with Gasteiger partial charge in [0.25, 0.3) is 0 Å². The first-order valence-corrected chi connectivity index (χ1v) is 8.61. The highest BCUT2D eigenvalue weighted by Crippen LogP contribution is 2.28. The van der Waals surface area contributed by atoms with E-state index in [0.717, 1.165) is 24.4 Å². The molecule has 0 saturated carbocycles. The van der Waals surface area contributed by atoms with E-state index in [1.165, 1.54) is 24.9 Å². The second-order valence-corrected chi connectivity index (χ2v) is 6.28. The smallest absolute Gasteiger partial charge is 0.242 e. The van der Waals surface area contributed by atoms with E-state index in [2.05, 4.69) is 35.0 Å². The molecule has 1 saturated heterocycles. The van der Waals surface area contributed by atoms with Crippen molar-refractivity contribution in [2.45, 2.75) is 33.1 Å². The summed E-state index contributed by atoms with van der Waals surface area (Å²) in [5, 5.41) is 3.34. The molecule has 1 aromatic carbocycles. The Kier molecular flexibility index (Phi) is 6.51. The summed E-state index contributed by atoms with van der Waals surface area (Å²) < 4.78 is 0. The molecule has 126 valence electrons. The summed E-state index contributed by atoms with van der Waals surface area (Å²) in [7, 11) is 0. The number of carbonyl (C=O) groups excluding carboxylic acids is 1. The Morgan fingerprint density at radius 3 is 2.61 bits per heavy atom. The molecular formula is C19H29N3O. The summed E-state index contributed by atoms with van der Waals surface area (Å²) in [6.07, 6.45) is 3.81. The fourth-order valence-corrected chi connectivity index (χ4v) is 3.02. The third-order valence-corrected chi connectivity index (χ3v) is 4.23. The second kappa shape index (κ2) is 8.61. The van der Waals surface area contributed by atoms with Crippen molar-refractivity contribution in [3.8, 4) is 0 Å². The summed E-state index contributed by atoms with van der Waals surface area (Å²) in [4.78, 5) is 16.6. The minimum Gasteiger partial charge on any atom is -0.374 e. The van der Waals surface area contributed by atoms with Gasteiger partial charge in [-0.25, -0.2) is 0 Å². The van der Waals surface area contributed by atoms with E-state index in [1.807, 2.05) is 24.8 Å². The largest absolute Gasteiger partial charge is 0.374 e. The summed E-state index contributed by atoms with van der Waals surface area (Å²) in [6.45, 7) is 11.7. The van der Waals surface area contributed by atoms with Crippen molar-refractivity contribution in [3.63, 3.8) is 0 Å². The van der Waals surface area contributed by atoms with E-state index >= 15 is 0 Å². The van der Waals surface area contributed by atoms with Crippen LogP contribution in [0.1, 0.15) is 33.1 Å². The minimum atomic E-state index is 0.115. The van der Waals surface area contributed by atoms with E-state index < -0.39 is 0 Å². The van der Waals surface area contributed by atoms with Gasteiger partial charge in [-0.2, -0.15) is 0 Å². The topological polar surface area (TPSA) is 35.6 Å². The fourth-order valence-electron chi connectivity index (χ4n) is 3.02. The van der Waals surface area contributed by atoms with Gasteiger partial charge in [0, 0.05) is 26.2 Å². The molecule has 1 heterocycles. The first kappa shape index (κ1) is 17.4. The predicted molar refractivity (Wildman–Crippen MR) is 98.1 cm³/mol. The van der Waals surface area contributed by atoms with Gasteiger partial charge in [0.05, 0.1) is 17.9 Å². The zero-order valence-corrected chi connectivity index (χ0v) is 14.5. The Bertz CT molecular complexity index is 535. The number of para-hydroxylation sites is 2. The SMILES string of the molecule is C=C(C)CN(CC)C(=O)CNc1ccccc1N1CCCCC1. The monoisotopic (exact) mass is 315 g/mol. The van der Waals surface area contributed by atoms with Gasteiger partial charge in [-0.15, -0.1) is 0 Å². The van der Waals surface area contributed by atoms with Gasteiger partial charge in [0.2, 0.25) is 5.91 Å². The summed E-state index contributed by atoms with van der Waals surface area (Å²) in [5.41, 5.74) is 3.27. The Hall–Kier alpha value is -1.97. The van der Waals surface area contributed by atoms with E-state index in [4.69, 9.17) is 0 Å². The van der Waals surface area contributed by atoms with Crippen molar-refractivity contribution in [1.82, 2.24) is 4.90 Å². The lowest BCUT2D eigenvalue weighted by Crippen LogP contribution is -2.37. The molecule has 0 radical (unpaired) electrons. The number of hydrogen-bond donors (Lipinski definition) is 1. The molecule has 0 unspecified atom stereocenters. The standard InChI is InChI=1S/C19H29N3O/c1-4-21(15-16(2)3)19(23)14-20-17-10-6-7-11-18(17)22-12-8-5-9-13-22/h6-7,10-11,20H,2,4-5,8-9,12-15H2,1,3H3. The quantitative estimate of drug-likeness (QED) is 0.782. The van der Waals surface area contributed by atoms with E-state index in [9.17, 15) is 4.79 Å². The molecule has 1 aromatic rings. The number of nitrogens with one attached hydrogen (secondary N) is 1. The highest BCUT2D eigenvalue weighted by Gasteiger charge is 2.16. The average Bonchev–Trinajstić information content (AvgIpc) is 2.58. The van der Waals surface area contributed by atoms with Gasteiger partial charge in [0.1, 0.15) is 0 Å². The lowest BCUT2D eigenvalue weighted by molar-refractivity contribution is -0.128. The number of carbonyl (C=O) groups is 1. The van der Waals surface area contributed by atoms with E-state index in [0.29, 0.717) is 19.6 Å². The molecule has 1 amide bonds. The van der Waals surface area contributed by atoms with Crippen LogP contribution in [0.4, 0.5) is 11.4 Å². The number of likely N-dealkylation sites (N-methyl/N-ethyl adjacent to an activating group) is 1. The molecule has 1 aliphatic heterocycles. The van der Waals surface area contributed by atoms with Gasteiger partial charge in [-0.1, -0.05) is 24.3 Å². The van der Waals surface area contributed by atoms with Crippen molar-refractivity contribution in [2.75, 3.05) is 42.9 Å². The zero-order chi connectivity index (χ0) is 16.7. The average molecular weight is 315 g/mol. The van der Waals surface area contributed by atoms with Crippen molar-refractivity contribution in [2.24, 2.45) is 0 Å². The van der Waals surface area contributed by atoms with Crippen LogP contribution in [0, 0.1) is 0 Å². The Labute approximate surface area is 140 Å². The van der Waals surface area contributed by atoms with Gasteiger partial charge < -0.3 is 15.1 Å². The summed E-state index contributed by atoms with van der Waals surface area (Å²) in [6, 6.07) is 8.29. The molecule has 1 aliphatic rings. The molecular weight excluding hydrogens is 286 g/mol. The number of anilines is 2. The lowest BCUT2D eigenvalue weighted by Gasteiger charge is -2.31. The van der Waals surface area contributed by atoms with Crippen LogP contribution in [-0.2, 0) is 4.79 Å². The van der Waals surface area contributed by atoms with Crippen molar-refractivity contribution >= 4 is 17.3 Å². The summed E-state index contributed by atoms with van der Waals surface area (Å²) >= 11 is 0. The molecule has 4 heteroatoms. The molecule has 4 nitrogen and oxygen atoms in total. The van der Waals surface area contributed by atoms with Crippen LogP contribution in [0.5, 0.6) is 0 Å². The highest BCUT2D eigenvalue weighted by atomic mass is 16.2. The van der Waals surface area contributed by atoms with Crippen LogP contribution in [0.25, 0.3) is 0 Å². The van der Waals surface area contributed by atoms with Gasteiger partial charge >= 0.3 is 0 Å². The first-order chi connectivity index (χ1) is 11.1. The van der Waals surface area contributed by atoms with Crippen LogP contribution in [0.15, 0.2) is 36.4 Å². The van der Waals surface area contributed by atoms with Gasteiger partial charge in [-0.3, -0.25) is 4.79 Å². The van der Waals surface area contributed by atoms with E-state index in [-0.39, 0.29) is 5.91 Å². The number of amides is 1. The number of piperidine rings is 1. The van der Waals surface area contributed by atoms with Crippen LogP contribution in [0.2, 0.25) is 0 Å². The second-order valence-electron chi connectivity index (χ2n) is 6.28. The first-order valence-electron chi connectivity index (χ1n) is 8.61. The predicted octanol–water partition coefficient (Wildman–Crippen LogP) is 3.51. The minimum absolute atomic E-state index is 0.115. The van der Waals surface area contributed by atoms with Crippen molar-refractivity contribution in [3.05, 3.63) is 36.4 Å². The maximum absolute atomic E-state index is 12.4. The van der Waals surface area contributed by atoms with E-state index in [1.54, 1.807) is 0 Å². The highest BCUT2D eigenvalue weighted by molar-refractivity contribution is 5.83. The normalized spacial score (nSPS) is 14.4. The number of nitrogens with zero attached hydrogens (tertiary/aromatic N) is 2. The zero-order valence-electron chi connectivity index (χ0n) is 14.5. The molecule has 1 fully saturated rings. The van der Waals surface area contributed by atoms with Crippen LogP contribution >= 0.6 is 0 Å². The molecule has 0 aromatic heterocycles. The van der Waals surface area contributed by atoms with Crippen LogP contribution in [0.3, 0.4) is 0 Å². The van der Waals surface area contributed by atoms with Crippen LogP contribution < -0.4 is 10.2 Å². The maximum Gasteiger partial charge on any atom is 0.242 e. The third-order valence-electron chi connectivity index (χ3n) is 4.23. The third kappa shape index (κ3) is 5.02. The maximum atomic E-state index is 12.4. The summed E-state index contributed by atoms with van der Waals surface area (Å²) in [5.74, 6) is 0.115.